The number of Topliss-reactive ketones (excluding diaryl/α,β-unsaturated/α-hetero) is 1. The van der Waals surface area contributed by atoms with Gasteiger partial charge in [-0.3, -0.25) is 9.78 Å². The molecule has 114 valence electrons. The van der Waals surface area contributed by atoms with Crippen molar-refractivity contribution in [2.45, 2.75) is 26.7 Å². The van der Waals surface area contributed by atoms with Crippen molar-refractivity contribution in [1.29, 1.82) is 0 Å². The van der Waals surface area contributed by atoms with E-state index >= 15 is 0 Å². The van der Waals surface area contributed by atoms with E-state index in [0.29, 0.717) is 27.5 Å². The molecule has 1 aromatic carbocycles. The largest absolute Gasteiger partial charge is 0.294 e. The first-order chi connectivity index (χ1) is 10.2. The molecule has 0 N–H and O–H groups in total. The van der Waals surface area contributed by atoms with Gasteiger partial charge in [0.05, 0.1) is 16.2 Å². The number of carbonyl (C=O) groups excluding carboxylic acids is 1. The Morgan fingerprint density at radius 3 is 2.64 bits per heavy atom. The van der Waals surface area contributed by atoms with Gasteiger partial charge in [0, 0.05) is 31.5 Å². The maximum Gasteiger partial charge on any atom is 0.165 e. The number of aromatic nitrogens is 1. The Labute approximate surface area is 153 Å². The van der Waals surface area contributed by atoms with Gasteiger partial charge in [0.1, 0.15) is 0 Å². The molecule has 1 aliphatic rings. The van der Waals surface area contributed by atoms with Crippen LogP contribution in [-0.2, 0) is 6.42 Å². The van der Waals surface area contributed by atoms with Crippen LogP contribution < -0.4 is 0 Å². The van der Waals surface area contributed by atoms with E-state index in [1.165, 1.54) is 0 Å². The highest BCUT2D eigenvalue weighted by molar-refractivity contribution is 14.1. The van der Waals surface area contributed by atoms with E-state index in [9.17, 15) is 4.79 Å². The Morgan fingerprint density at radius 1 is 1.32 bits per heavy atom. The summed E-state index contributed by atoms with van der Waals surface area (Å²) in [5.74, 6) is 0.115. The fourth-order valence-corrected chi connectivity index (χ4v) is 4.18. The molecule has 0 radical (unpaired) electrons. The molecule has 0 fully saturated rings. The topological polar surface area (TPSA) is 30.0 Å². The minimum atomic E-state index is -0.0897. The highest BCUT2D eigenvalue weighted by atomic mass is 127. The van der Waals surface area contributed by atoms with Crippen molar-refractivity contribution >= 4 is 66.1 Å². The van der Waals surface area contributed by atoms with Crippen LogP contribution in [0.25, 0.3) is 14.5 Å². The van der Waals surface area contributed by atoms with Gasteiger partial charge < -0.3 is 0 Å². The van der Waals surface area contributed by atoms with E-state index in [4.69, 9.17) is 23.2 Å². The zero-order chi connectivity index (χ0) is 16.2. The van der Waals surface area contributed by atoms with E-state index in [1.54, 1.807) is 6.07 Å². The Bertz CT molecular complexity index is 842. The first kappa shape index (κ1) is 16.2. The number of pyridine rings is 1. The summed E-state index contributed by atoms with van der Waals surface area (Å²) >= 11 is 14.6. The lowest BCUT2D eigenvalue weighted by Crippen LogP contribution is -2.29. The molecule has 1 aliphatic carbocycles. The third kappa shape index (κ3) is 2.68. The second-order valence-corrected chi connectivity index (χ2v) is 8.58. The molecule has 3 rings (SSSR count). The van der Waals surface area contributed by atoms with Crippen molar-refractivity contribution in [1.82, 2.24) is 4.98 Å². The SMILES string of the molecule is C=C(I)c1c2c(nc3c(Cl)cc(Cl)cc13)CC(C)(C)CC2=O. The van der Waals surface area contributed by atoms with Gasteiger partial charge in [-0.05, 0) is 46.6 Å². The molecular weight excluding hydrogens is 432 g/mol. The Kier molecular flexibility index (Phi) is 4.03. The highest BCUT2D eigenvalue weighted by Crippen LogP contribution is 2.42. The molecule has 22 heavy (non-hydrogen) atoms. The average Bonchev–Trinajstić information content (AvgIpc) is 2.35. The smallest absolute Gasteiger partial charge is 0.165 e. The maximum atomic E-state index is 12.7. The quantitative estimate of drug-likeness (QED) is 0.496. The minimum Gasteiger partial charge on any atom is -0.294 e. The average molecular weight is 446 g/mol. The third-order valence-corrected chi connectivity index (χ3v) is 4.96. The number of benzene rings is 1. The number of rotatable bonds is 1. The van der Waals surface area contributed by atoms with E-state index < -0.39 is 0 Å². The molecule has 0 amide bonds. The van der Waals surface area contributed by atoms with E-state index in [2.05, 4.69) is 48.0 Å². The molecule has 0 atom stereocenters. The van der Waals surface area contributed by atoms with Crippen LogP contribution in [0.1, 0.15) is 41.9 Å². The summed E-state index contributed by atoms with van der Waals surface area (Å²) in [5, 5.41) is 1.82. The molecule has 0 saturated carbocycles. The van der Waals surface area contributed by atoms with Crippen molar-refractivity contribution in [2.75, 3.05) is 0 Å². The summed E-state index contributed by atoms with van der Waals surface area (Å²) in [6.07, 6.45) is 1.26. The lowest BCUT2D eigenvalue weighted by Gasteiger charge is -2.31. The second-order valence-electron chi connectivity index (χ2n) is 6.44. The molecule has 1 aromatic heterocycles. The molecule has 0 bridgehead atoms. The summed E-state index contributed by atoms with van der Waals surface area (Å²) in [6, 6.07) is 3.49. The first-order valence-electron chi connectivity index (χ1n) is 6.89. The number of hydrogen-bond acceptors (Lipinski definition) is 2. The van der Waals surface area contributed by atoms with Crippen molar-refractivity contribution in [3.8, 4) is 0 Å². The number of nitrogens with zero attached hydrogens (tertiary/aromatic N) is 1. The van der Waals surface area contributed by atoms with Crippen LogP contribution in [0.2, 0.25) is 10.0 Å². The Morgan fingerprint density at radius 2 is 2.00 bits per heavy atom. The standard InChI is InChI=1S/C17H14Cl2INO/c1-8(20)14-10-4-9(18)5-11(19)16(10)21-12-6-17(2,3)7-13(22)15(12)14/h4-5H,1,6-7H2,2-3H3. The monoisotopic (exact) mass is 445 g/mol. The van der Waals surface area contributed by atoms with Crippen LogP contribution in [0.4, 0.5) is 0 Å². The van der Waals surface area contributed by atoms with Crippen molar-refractivity contribution < 1.29 is 4.79 Å². The molecule has 1 heterocycles. The number of halogens is 3. The minimum absolute atomic E-state index is 0.0897. The summed E-state index contributed by atoms with van der Waals surface area (Å²) in [7, 11) is 0. The zero-order valence-corrected chi connectivity index (χ0v) is 15.9. The van der Waals surface area contributed by atoms with Gasteiger partial charge >= 0.3 is 0 Å². The Hall–Kier alpha value is -0.650. The molecule has 0 aliphatic heterocycles. The number of hydrogen-bond donors (Lipinski definition) is 0. The van der Waals surface area contributed by atoms with Gasteiger partial charge in [-0.1, -0.05) is 43.6 Å². The van der Waals surface area contributed by atoms with Crippen LogP contribution in [-0.4, -0.2) is 10.8 Å². The summed E-state index contributed by atoms with van der Waals surface area (Å²) in [6.45, 7) is 8.20. The van der Waals surface area contributed by atoms with Crippen molar-refractivity contribution in [3.63, 3.8) is 0 Å². The van der Waals surface area contributed by atoms with Crippen LogP contribution in [0.3, 0.4) is 0 Å². The van der Waals surface area contributed by atoms with Crippen LogP contribution in [0, 0.1) is 5.41 Å². The van der Waals surface area contributed by atoms with Crippen molar-refractivity contribution in [2.24, 2.45) is 5.41 Å². The summed E-state index contributed by atoms with van der Waals surface area (Å²) in [4.78, 5) is 17.4. The van der Waals surface area contributed by atoms with Gasteiger partial charge in [-0.2, -0.15) is 0 Å². The lowest BCUT2D eigenvalue weighted by molar-refractivity contribution is 0.0910. The normalized spacial score (nSPS) is 16.7. The molecule has 0 spiro atoms. The Balaban J connectivity index is 2.47. The third-order valence-electron chi connectivity index (χ3n) is 3.92. The highest BCUT2D eigenvalue weighted by Gasteiger charge is 2.35. The van der Waals surface area contributed by atoms with Crippen molar-refractivity contribution in [3.05, 3.63) is 45.6 Å². The first-order valence-corrected chi connectivity index (χ1v) is 8.73. The zero-order valence-electron chi connectivity index (χ0n) is 12.3. The molecule has 5 heteroatoms. The predicted molar refractivity (Wildman–Crippen MR) is 101 cm³/mol. The van der Waals surface area contributed by atoms with E-state index in [0.717, 1.165) is 26.6 Å². The molecule has 0 saturated heterocycles. The second kappa shape index (κ2) is 5.46. The van der Waals surface area contributed by atoms with E-state index in [-0.39, 0.29) is 11.2 Å². The van der Waals surface area contributed by atoms with Gasteiger partial charge in [0.25, 0.3) is 0 Å². The van der Waals surface area contributed by atoms with Crippen LogP contribution in [0.5, 0.6) is 0 Å². The maximum absolute atomic E-state index is 12.7. The van der Waals surface area contributed by atoms with Gasteiger partial charge in [-0.25, -0.2) is 0 Å². The van der Waals surface area contributed by atoms with Gasteiger partial charge in [-0.15, -0.1) is 0 Å². The van der Waals surface area contributed by atoms with Gasteiger partial charge in [0.15, 0.2) is 5.78 Å². The number of carbonyl (C=O) groups is 1. The van der Waals surface area contributed by atoms with Crippen LogP contribution in [0.15, 0.2) is 18.7 Å². The fourth-order valence-electron chi connectivity index (χ4n) is 3.09. The number of ketones is 1. The molecular formula is C17H14Cl2INO. The molecule has 2 nitrogen and oxygen atoms in total. The summed E-state index contributed by atoms with van der Waals surface area (Å²) < 4.78 is 0.799. The number of fused-ring (bicyclic) bond motifs is 2. The predicted octanol–water partition coefficient (Wildman–Crippen LogP) is 6.10. The lowest BCUT2D eigenvalue weighted by atomic mass is 9.74. The summed E-state index contributed by atoms with van der Waals surface area (Å²) in [5.41, 5.74) is 2.91. The fraction of sp³-hybridized carbons (Fsp3) is 0.294. The van der Waals surface area contributed by atoms with E-state index in [1.807, 2.05) is 6.07 Å². The van der Waals surface area contributed by atoms with Crippen LogP contribution >= 0.6 is 45.8 Å². The molecule has 2 aromatic rings. The van der Waals surface area contributed by atoms with Gasteiger partial charge in [0.2, 0.25) is 0 Å². The molecule has 0 unspecified atom stereocenters.